The van der Waals surface area contributed by atoms with E-state index in [1.807, 2.05) is 57.2 Å². The largest absolute Gasteiger partial charge is 0.447 e. The third kappa shape index (κ3) is 3.58. The van der Waals surface area contributed by atoms with Gasteiger partial charge in [-0.1, -0.05) is 60.6 Å². The molecule has 148 valence electrons. The van der Waals surface area contributed by atoms with Gasteiger partial charge in [0, 0.05) is 18.1 Å². The van der Waals surface area contributed by atoms with Gasteiger partial charge in [0.05, 0.1) is 5.69 Å². The van der Waals surface area contributed by atoms with E-state index in [1.165, 1.54) is 11.8 Å². The summed E-state index contributed by atoms with van der Waals surface area (Å²) in [6.45, 7) is 7.65. The van der Waals surface area contributed by atoms with Gasteiger partial charge in [0.25, 0.3) is 0 Å². The maximum Gasteiger partial charge on any atom is 0.247 e. The Labute approximate surface area is 174 Å². The van der Waals surface area contributed by atoms with E-state index in [0.717, 1.165) is 33.7 Å². The standard InChI is InChI=1S/C22H22N4O2S/c1-5-29-22-23-20-19(24-25-22)17-8-6-7-9-18(17)26(15(4)27)21(28-20)16-11-10-13(2)12-14(16)3/h6-12,21H,5H2,1-4H3/t21-/m1/s1. The molecule has 0 saturated heterocycles. The van der Waals surface area contributed by atoms with Crippen molar-refractivity contribution in [2.75, 3.05) is 10.7 Å². The molecule has 0 spiro atoms. The monoisotopic (exact) mass is 406 g/mol. The van der Waals surface area contributed by atoms with Gasteiger partial charge in [-0.15, -0.1) is 10.2 Å². The van der Waals surface area contributed by atoms with E-state index in [0.29, 0.717) is 16.7 Å². The number of aromatic nitrogens is 3. The molecule has 6 nitrogen and oxygen atoms in total. The van der Waals surface area contributed by atoms with Crippen LogP contribution in [0, 0.1) is 13.8 Å². The van der Waals surface area contributed by atoms with Crippen molar-refractivity contribution >= 4 is 23.4 Å². The molecule has 29 heavy (non-hydrogen) atoms. The number of nitrogens with zero attached hydrogens (tertiary/aromatic N) is 4. The molecule has 0 unspecified atom stereocenters. The molecule has 0 bridgehead atoms. The number of amides is 1. The molecule has 0 saturated carbocycles. The number of para-hydroxylation sites is 1. The number of aryl methyl sites for hydroxylation is 2. The van der Waals surface area contributed by atoms with Crippen LogP contribution in [0.1, 0.15) is 36.8 Å². The Morgan fingerprint density at radius 1 is 1.17 bits per heavy atom. The summed E-state index contributed by atoms with van der Waals surface area (Å²) < 4.78 is 6.39. The lowest BCUT2D eigenvalue weighted by atomic mass is 10.0. The minimum absolute atomic E-state index is 0.119. The first-order chi connectivity index (χ1) is 14.0. The summed E-state index contributed by atoms with van der Waals surface area (Å²) in [5, 5.41) is 9.19. The van der Waals surface area contributed by atoms with Gasteiger partial charge in [0.15, 0.2) is 5.69 Å². The summed E-state index contributed by atoms with van der Waals surface area (Å²) in [4.78, 5) is 19.1. The molecule has 1 atom stereocenters. The highest BCUT2D eigenvalue weighted by molar-refractivity contribution is 7.99. The average Bonchev–Trinajstić information content (AvgIpc) is 2.82. The second kappa shape index (κ2) is 7.83. The number of carbonyl (C=O) groups excluding carboxylic acids is 1. The zero-order valence-corrected chi connectivity index (χ0v) is 17.7. The first kappa shape index (κ1) is 19.4. The smallest absolute Gasteiger partial charge is 0.247 e. The van der Waals surface area contributed by atoms with Crippen molar-refractivity contribution in [3.63, 3.8) is 0 Å². The molecule has 1 aliphatic heterocycles. The number of ether oxygens (including phenoxy) is 1. The van der Waals surface area contributed by atoms with Crippen molar-refractivity contribution in [1.82, 2.24) is 15.2 Å². The van der Waals surface area contributed by atoms with Crippen LogP contribution >= 0.6 is 11.8 Å². The number of rotatable bonds is 3. The first-order valence-electron chi connectivity index (χ1n) is 9.50. The van der Waals surface area contributed by atoms with E-state index in [2.05, 4.69) is 21.2 Å². The molecule has 4 rings (SSSR count). The lowest BCUT2D eigenvalue weighted by Crippen LogP contribution is -2.36. The first-order valence-corrected chi connectivity index (χ1v) is 10.5. The second-order valence-electron chi connectivity index (χ2n) is 6.92. The summed E-state index contributed by atoms with van der Waals surface area (Å²) in [6, 6.07) is 13.8. The quantitative estimate of drug-likeness (QED) is 0.587. The number of fused-ring (bicyclic) bond motifs is 3. The van der Waals surface area contributed by atoms with E-state index in [4.69, 9.17) is 4.74 Å². The van der Waals surface area contributed by atoms with Gasteiger partial charge >= 0.3 is 0 Å². The van der Waals surface area contributed by atoms with Crippen molar-refractivity contribution < 1.29 is 9.53 Å². The van der Waals surface area contributed by atoms with E-state index in [-0.39, 0.29) is 5.91 Å². The fourth-order valence-electron chi connectivity index (χ4n) is 3.55. The molecule has 0 fully saturated rings. The highest BCUT2D eigenvalue weighted by Gasteiger charge is 2.35. The number of benzene rings is 2. The normalized spacial score (nSPS) is 15.2. The zero-order chi connectivity index (χ0) is 20.5. The van der Waals surface area contributed by atoms with Crippen LogP contribution in [0.25, 0.3) is 11.3 Å². The van der Waals surface area contributed by atoms with E-state index < -0.39 is 6.23 Å². The van der Waals surface area contributed by atoms with E-state index in [1.54, 1.807) is 11.8 Å². The molecule has 0 radical (unpaired) electrons. The van der Waals surface area contributed by atoms with Crippen LogP contribution < -0.4 is 9.64 Å². The molecule has 1 amide bonds. The van der Waals surface area contributed by atoms with Gasteiger partial charge in [-0.2, -0.15) is 4.98 Å². The van der Waals surface area contributed by atoms with Gasteiger partial charge in [-0.25, -0.2) is 0 Å². The Hall–Kier alpha value is -2.93. The third-order valence-corrected chi connectivity index (χ3v) is 5.54. The highest BCUT2D eigenvalue weighted by Crippen LogP contribution is 2.43. The van der Waals surface area contributed by atoms with Gasteiger partial charge in [0.1, 0.15) is 0 Å². The highest BCUT2D eigenvalue weighted by atomic mass is 32.2. The number of hydrogen-bond acceptors (Lipinski definition) is 6. The molecule has 7 heteroatoms. The van der Waals surface area contributed by atoms with Crippen LogP contribution in [-0.2, 0) is 4.79 Å². The third-order valence-electron chi connectivity index (χ3n) is 4.82. The van der Waals surface area contributed by atoms with Gasteiger partial charge in [-0.05, 0) is 31.2 Å². The van der Waals surface area contributed by atoms with Crippen LogP contribution in [-0.4, -0.2) is 26.8 Å². The summed E-state index contributed by atoms with van der Waals surface area (Å²) in [6.07, 6.45) is -0.647. The van der Waals surface area contributed by atoms with Crippen molar-refractivity contribution in [1.29, 1.82) is 0 Å². The number of anilines is 1. The lowest BCUT2D eigenvalue weighted by molar-refractivity contribution is -0.118. The van der Waals surface area contributed by atoms with Gasteiger partial charge < -0.3 is 4.74 Å². The molecule has 3 aromatic rings. The molecular formula is C22H22N4O2S. The summed E-state index contributed by atoms with van der Waals surface area (Å²) in [7, 11) is 0. The van der Waals surface area contributed by atoms with Crippen LogP contribution in [0.2, 0.25) is 0 Å². The lowest BCUT2D eigenvalue weighted by Gasteiger charge is -2.30. The number of thioether (sulfide) groups is 1. The SMILES string of the molecule is CCSc1nnc2c(n1)O[C@H](c1ccc(C)cc1C)N(C(C)=O)c1ccccc1-2. The minimum Gasteiger partial charge on any atom is -0.447 e. The van der Waals surface area contributed by atoms with Crippen LogP contribution in [0.15, 0.2) is 47.6 Å². The van der Waals surface area contributed by atoms with Gasteiger partial charge in [0.2, 0.25) is 23.2 Å². The summed E-state index contributed by atoms with van der Waals surface area (Å²) in [5.41, 5.74) is 5.16. The Morgan fingerprint density at radius 2 is 1.97 bits per heavy atom. The Kier molecular flexibility index (Phi) is 5.24. The molecule has 0 aliphatic carbocycles. The zero-order valence-electron chi connectivity index (χ0n) is 16.8. The second-order valence-corrected chi connectivity index (χ2v) is 8.15. The Balaban J connectivity index is 1.96. The van der Waals surface area contributed by atoms with E-state index >= 15 is 0 Å². The van der Waals surface area contributed by atoms with Crippen molar-refractivity contribution in [2.24, 2.45) is 0 Å². The maximum atomic E-state index is 12.8. The predicted molar refractivity (Wildman–Crippen MR) is 114 cm³/mol. The maximum absolute atomic E-state index is 12.8. The number of hydrogen-bond donors (Lipinski definition) is 0. The Bertz CT molecular complexity index is 1090. The van der Waals surface area contributed by atoms with Crippen molar-refractivity contribution in [2.45, 2.75) is 39.1 Å². The minimum atomic E-state index is -0.647. The topological polar surface area (TPSA) is 68.2 Å². The number of carbonyl (C=O) groups is 1. The fraction of sp³-hybridized carbons (Fsp3) is 0.273. The van der Waals surface area contributed by atoms with Crippen molar-refractivity contribution in [3.05, 3.63) is 59.2 Å². The van der Waals surface area contributed by atoms with Crippen LogP contribution in [0.5, 0.6) is 5.88 Å². The Morgan fingerprint density at radius 3 is 2.69 bits per heavy atom. The summed E-state index contributed by atoms with van der Waals surface area (Å²) >= 11 is 1.50. The van der Waals surface area contributed by atoms with Crippen LogP contribution in [0.3, 0.4) is 0 Å². The molecule has 1 aliphatic rings. The fourth-order valence-corrected chi connectivity index (χ4v) is 4.05. The molecule has 1 aromatic heterocycles. The van der Waals surface area contributed by atoms with E-state index in [9.17, 15) is 4.79 Å². The molecule has 0 N–H and O–H groups in total. The molecular weight excluding hydrogens is 384 g/mol. The average molecular weight is 407 g/mol. The predicted octanol–water partition coefficient (Wildman–Crippen LogP) is 4.71. The summed E-state index contributed by atoms with van der Waals surface area (Å²) in [5.74, 6) is 1.10. The van der Waals surface area contributed by atoms with Gasteiger partial charge in [-0.3, -0.25) is 9.69 Å². The molecule has 2 aromatic carbocycles. The van der Waals surface area contributed by atoms with Crippen LogP contribution in [0.4, 0.5) is 5.69 Å². The van der Waals surface area contributed by atoms with Crippen molar-refractivity contribution in [3.8, 4) is 17.1 Å². The molecule has 2 heterocycles.